The fourth-order valence-corrected chi connectivity index (χ4v) is 3.31. The molecule has 4 nitrogen and oxygen atoms in total. The lowest BCUT2D eigenvalue weighted by atomic mass is 9.87. The first-order valence-corrected chi connectivity index (χ1v) is 8.47. The zero-order valence-corrected chi connectivity index (χ0v) is 16.1. The lowest BCUT2D eigenvalue weighted by Crippen LogP contribution is -2.45. The van der Waals surface area contributed by atoms with Crippen molar-refractivity contribution in [3.8, 4) is 0 Å². The average molecular weight is 408 g/mol. The molecule has 0 atom stereocenters. The van der Waals surface area contributed by atoms with Crippen LogP contribution in [0.5, 0.6) is 0 Å². The van der Waals surface area contributed by atoms with Crippen molar-refractivity contribution in [3.63, 3.8) is 0 Å². The van der Waals surface area contributed by atoms with Crippen LogP contribution in [0.1, 0.15) is 51.9 Å². The minimum Gasteiger partial charge on any atom is -0.356 e. The number of guanidine groups is 1. The number of halogens is 1. The summed E-state index contributed by atoms with van der Waals surface area (Å²) in [4.78, 5) is 6.92. The van der Waals surface area contributed by atoms with Gasteiger partial charge in [-0.25, -0.2) is 0 Å². The highest BCUT2D eigenvalue weighted by molar-refractivity contribution is 14.0. The summed E-state index contributed by atoms with van der Waals surface area (Å²) in [7, 11) is 1.88. The third-order valence-electron chi connectivity index (χ3n) is 4.72. The largest absolute Gasteiger partial charge is 0.356 e. The minimum atomic E-state index is 0. The van der Waals surface area contributed by atoms with Crippen LogP contribution >= 0.6 is 24.0 Å². The Kier molecular flexibility index (Phi) is 9.64. The van der Waals surface area contributed by atoms with Crippen molar-refractivity contribution in [2.24, 2.45) is 10.9 Å². The molecule has 0 bridgehead atoms. The molecule has 0 aromatic rings. The van der Waals surface area contributed by atoms with Crippen LogP contribution < -0.4 is 10.6 Å². The Morgan fingerprint density at radius 2 is 1.81 bits per heavy atom. The van der Waals surface area contributed by atoms with Gasteiger partial charge in [-0.05, 0) is 70.5 Å². The highest BCUT2D eigenvalue weighted by Gasteiger charge is 2.18. The van der Waals surface area contributed by atoms with E-state index in [-0.39, 0.29) is 24.0 Å². The number of nitrogens with one attached hydrogen (secondary N) is 2. The molecule has 0 aromatic carbocycles. The highest BCUT2D eigenvalue weighted by atomic mass is 127. The molecule has 1 aliphatic heterocycles. The van der Waals surface area contributed by atoms with Gasteiger partial charge < -0.3 is 15.5 Å². The second-order valence-electron chi connectivity index (χ2n) is 6.50. The maximum Gasteiger partial charge on any atom is 0.191 e. The summed E-state index contributed by atoms with van der Waals surface area (Å²) in [5.41, 5.74) is 0. The van der Waals surface area contributed by atoms with Crippen LogP contribution in [0.3, 0.4) is 0 Å². The Hall–Kier alpha value is -0.0400. The summed E-state index contributed by atoms with van der Waals surface area (Å²) in [6.45, 7) is 7.21. The Labute approximate surface area is 147 Å². The van der Waals surface area contributed by atoms with E-state index >= 15 is 0 Å². The first-order chi connectivity index (χ1) is 9.78. The molecular weight excluding hydrogens is 375 g/mol. The molecule has 21 heavy (non-hydrogen) atoms. The zero-order valence-electron chi connectivity index (χ0n) is 13.7. The van der Waals surface area contributed by atoms with Gasteiger partial charge in [-0.2, -0.15) is 0 Å². The van der Waals surface area contributed by atoms with Gasteiger partial charge in [0.1, 0.15) is 0 Å². The van der Waals surface area contributed by atoms with Crippen molar-refractivity contribution in [1.82, 2.24) is 15.5 Å². The van der Waals surface area contributed by atoms with Gasteiger partial charge in [0.25, 0.3) is 0 Å². The fourth-order valence-electron chi connectivity index (χ4n) is 3.31. The number of nitrogens with zero attached hydrogens (tertiary/aromatic N) is 2. The van der Waals surface area contributed by atoms with Crippen LogP contribution in [0.15, 0.2) is 4.99 Å². The van der Waals surface area contributed by atoms with Crippen molar-refractivity contribution in [2.75, 3.05) is 33.2 Å². The van der Waals surface area contributed by atoms with Gasteiger partial charge in [0.05, 0.1) is 0 Å². The molecule has 0 aromatic heterocycles. The molecule has 1 heterocycles. The van der Waals surface area contributed by atoms with E-state index in [1.165, 1.54) is 64.6 Å². The predicted octanol–water partition coefficient (Wildman–Crippen LogP) is 2.83. The molecular formula is C16H33IN4. The topological polar surface area (TPSA) is 39.7 Å². The summed E-state index contributed by atoms with van der Waals surface area (Å²) < 4.78 is 0. The van der Waals surface area contributed by atoms with Crippen LogP contribution in [0.2, 0.25) is 0 Å². The third-order valence-corrected chi connectivity index (χ3v) is 4.72. The van der Waals surface area contributed by atoms with E-state index in [1.807, 2.05) is 7.05 Å². The van der Waals surface area contributed by atoms with Crippen LogP contribution in [-0.2, 0) is 0 Å². The molecule has 1 aliphatic carbocycles. The molecule has 5 heteroatoms. The summed E-state index contributed by atoms with van der Waals surface area (Å²) in [5, 5.41) is 7.04. The Morgan fingerprint density at radius 3 is 2.43 bits per heavy atom. The zero-order chi connectivity index (χ0) is 14.2. The predicted molar refractivity (Wildman–Crippen MR) is 102 cm³/mol. The van der Waals surface area contributed by atoms with E-state index in [0.29, 0.717) is 6.04 Å². The maximum absolute atomic E-state index is 4.35. The molecule has 2 aliphatic rings. The monoisotopic (exact) mass is 408 g/mol. The van der Waals surface area contributed by atoms with Crippen molar-refractivity contribution in [3.05, 3.63) is 0 Å². The van der Waals surface area contributed by atoms with Gasteiger partial charge in [-0.3, -0.25) is 4.99 Å². The molecule has 1 saturated heterocycles. The summed E-state index contributed by atoms with van der Waals surface area (Å²) in [5.74, 6) is 1.90. The van der Waals surface area contributed by atoms with Gasteiger partial charge in [0.2, 0.25) is 0 Å². The van der Waals surface area contributed by atoms with Crippen LogP contribution in [0.4, 0.5) is 0 Å². The Balaban J connectivity index is 0.00000220. The van der Waals surface area contributed by atoms with E-state index in [0.717, 1.165) is 18.4 Å². The number of hydrogen-bond donors (Lipinski definition) is 2. The van der Waals surface area contributed by atoms with Crippen LogP contribution in [-0.4, -0.2) is 50.1 Å². The second-order valence-corrected chi connectivity index (χ2v) is 6.50. The molecule has 0 spiro atoms. The van der Waals surface area contributed by atoms with Gasteiger partial charge in [0.15, 0.2) is 5.96 Å². The molecule has 124 valence electrons. The maximum atomic E-state index is 4.35. The van der Waals surface area contributed by atoms with E-state index in [9.17, 15) is 0 Å². The first kappa shape index (κ1) is 19.0. The minimum absolute atomic E-state index is 0. The number of aliphatic imine (C=N–C) groups is 1. The van der Waals surface area contributed by atoms with E-state index in [4.69, 9.17) is 0 Å². The Morgan fingerprint density at radius 1 is 1.14 bits per heavy atom. The normalized spacial score (nSPS) is 27.2. The molecule has 2 N–H and O–H groups in total. The first-order valence-electron chi connectivity index (χ1n) is 8.47. The SMILES string of the molecule is CN=C(NCCCN1CCCC1)NC1CCC(C)CC1.I. The number of likely N-dealkylation sites (tertiary alicyclic amines) is 1. The van der Waals surface area contributed by atoms with Gasteiger partial charge in [-0.1, -0.05) is 6.92 Å². The van der Waals surface area contributed by atoms with Crippen molar-refractivity contribution < 1.29 is 0 Å². The van der Waals surface area contributed by atoms with Crippen LogP contribution in [0.25, 0.3) is 0 Å². The standard InChI is InChI=1S/C16H32N4.HI/c1-14-6-8-15(9-7-14)19-16(17-2)18-10-5-13-20-11-3-4-12-20;/h14-15H,3-13H2,1-2H3,(H2,17,18,19);1H. The van der Waals surface area contributed by atoms with E-state index in [1.54, 1.807) is 0 Å². The average Bonchev–Trinajstić information content (AvgIpc) is 2.97. The highest BCUT2D eigenvalue weighted by Crippen LogP contribution is 2.23. The van der Waals surface area contributed by atoms with Gasteiger partial charge in [-0.15, -0.1) is 24.0 Å². The molecule has 0 unspecified atom stereocenters. The second kappa shape index (κ2) is 10.6. The molecule has 2 rings (SSSR count). The Bertz CT molecular complexity index is 295. The van der Waals surface area contributed by atoms with Crippen LogP contribution in [0, 0.1) is 5.92 Å². The van der Waals surface area contributed by atoms with Gasteiger partial charge >= 0.3 is 0 Å². The summed E-state index contributed by atoms with van der Waals surface area (Å²) >= 11 is 0. The summed E-state index contributed by atoms with van der Waals surface area (Å²) in [6.07, 6.45) is 9.26. The molecule has 0 amide bonds. The number of rotatable bonds is 5. The van der Waals surface area contributed by atoms with Crippen molar-refractivity contribution >= 4 is 29.9 Å². The molecule has 1 saturated carbocycles. The fraction of sp³-hybridized carbons (Fsp3) is 0.938. The molecule has 2 fully saturated rings. The smallest absolute Gasteiger partial charge is 0.191 e. The van der Waals surface area contributed by atoms with E-state index in [2.05, 4.69) is 27.4 Å². The van der Waals surface area contributed by atoms with Crippen molar-refractivity contribution in [2.45, 2.75) is 57.9 Å². The van der Waals surface area contributed by atoms with E-state index < -0.39 is 0 Å². The molecule has 0 radical (unpaired) electrons. The lowest BCUT2D eigenvalue weighted by molar-refractivity contribution is 0.326. The van der Waals surface area contributed by atoms with Gasteiger partial charge in [0, 0.05) is 19.6 Å². The third kappa shape index (κ3) is 7.17. The number of hydrogen-bond acceptors (Lipinski definition) is 2. The quantitative estimate of drug-likeness (QED) is 0.318. The van der Waals surface area contributed by atoms with Crippen molar-refractivity contribution in [1.29, 1.82) is 0 Å². The lowest BCUT2D eigenvalue weighted by Gasteiger charge is -2.28. The summed E-state index contributed by atoms with van der Waals surface area (Å²) in [6, 6.07) is 0.621.